The van der Waals surface area contributed by atoms with Gasteiger partial charge in [-0.25, -0.2) is 4.98 Å². The molecule has 4 heteroatoms. The second-order valence-electron chi connectivity index (χ2n) is 4.27. The molecule has 16 heavy (non-hydrogen) atoms. The first-order chi connectivity index (χ1) is 7.77. The Morgan fingerprint density at radius 3 is 2.94 bits per heavy atom. The fraction of sp³-hybridized carbons (Fsp3) is 0.583. The van der Waals surface area contributed by atoms with Crippen LogP contribution < -0.4 is 10.6 Å². The van der Waals surface area contributed by atoms with E-state index in [9.17, 15) is 0 Å². The predicted octanol–water partition coefficient (Wildman–Crippen LogP) is 0.808. The number of morpholine rings is 1. The molecular weight excluding hydrogens is 202 g/mol. The summed E-state index contributed by atoms with van der Waals surface area (Å²) in [6.45, 7) is 5.43. The normalized spacial score (nSPS) is 18.5. The molecule has 2 heterocycles. The molecule has 1 aliphatic heterocycles. The first-order valence-corrected chi connectivity index (χ1v) is 5.79. The number of pyridine rings is 1. The summed E-state index contributed by atoms with van der Waals surface area (Å²) in [5.74, 6) is 1.07. The van der Waals surface area contributed by atoms with Crippen molar-refractivity contribution in [2.45, 2.75) is 19.4 Å². The quantitative estimate of drug-likeness (QED) is 0.820. The van der Waals surface area contributed by atoms with E-state index < -0.39 is 0 Å². The van der Waals surface area contributed by atoms with Gasteiger partial charge in [0.2, 0.25) is 0 Å². The Hall–Kier alpha value is -1.13. The van der Waals surface area contributed by atoms with Crippen LogP contribution in [0.2, 0.25) is 0 Å². The van der Waals surface area contributed by atoms with Gasteiger partial charge in [-0.2, -0.15) is 0 Å². The van der Waals surface area contributed by atoms with Crippen molar-refractivity contribution >= 4 is 5.82 Å². The van der Waals surface area contributed by atoms with Crippen molar-refractivity contribution in [1.29, 1.82) is 0 Å². The maximum atomic E-state index is 5.85. The minimum atomic E-state index is 0.170. The molecule has 1 aromatic rings. The fourth-order valence-electron chi connectivity index (χ4n) is 2.00. The number of nitrogens with two attached hydrogens (primary N) is 1. The molecule has 2 N–H and O–H groups in total. The van der Waals surface area contributed by atoms with Crippen molar-refractivity contribution in [3.63, 3.8) is 0 Å². The summed E-state index contributed by atoms with van der Waals surface area (Å²) in [7, 11) is 0. The Balaban J connectivity index is 2.17. The maximum absolute atomic E-state index is 5.85. The molecule has 1 atom stereocenters. The smallest absolute Gasteiger partial charge is 0.131 e. The first-order valence-electron chi connectivity index (χ1n) is 5.79. The van der Waals surface area contributed by atoms with E-state index in [1.807, 2.05) is 19.2 Å². The lowest BCUT2D eigenvalue weighted by atomic mass is 10.1. The summed E-state index contributed by atoms with van der Waals surface area (Å²) in [4.78, 5) is 6.75. The van der Waals surface area contributed by atoms with Gasteiger partial charge in [0, 0.05) is 25.3 Å². The molecule has 1 fully saturated rings. The number of hydrogen-bond donors (Lipinski definition) is 1. The molecule has 0 saturated carbocycles. The van der Waals surface area contributed by atoms with Crippen LogP contribution in [-0.2, 0) is 11.2 Å². The third kappa shape index (κ3) is 2.71. The number of nitrogens with zero attached hydrogens (tertiary/aromatic N) is 2. The highest BCUT2D eigenvalue weighted by atomic mass is 16.5. The zero-order chi connectivity index (χ0) is 11.4. The Morgan fingerprint density at radius 2 is 2.25 bits per heavy atom. The largest absolute Gasteiger partial charge is 0.378 e. The molecular formula is C12H19N3O. The minimum Gasteiger partial charge on any atom is -0.378 e. The van der Waals surface area contributed by atoms with Crippen LogP contribution in [-0.4, -0.2) is 37.3 Å². The minimum absolute atomic E-state index is 0.170. The van der Waals surface area contributed by atoms with E-state index in [2.05, 4.69) is 16.0 Å². The van der Waals surface area contributed by atoms with E-state index >= 15 is 0 Å². The van der Waals surface area contributed by atoms with Crippen LogP contribution >= 0.6 is 0 Å². The van der Waals surface area contributed by atoms with Crippen LogP contribution in [0.4, 0.5) is 5.82 Å². The molecule has 2 rings (SSSR count). The van der Waals surface area contributed by atoms with Gasteiger partial charge in [0.05, 0.1) is 13.2 Å². The van der Waals surface area contributed by atoms with Gasteiger partial charge in [-0.3, -0.25) is 0 Å². The summed E-state index contributed by atoms with van der Waals surface area (Å²) >= 11 is 0. The number of ether oxygens (including phenoxy) is 1. The van der Waals surface area contributed by atoms with Crippen molar-refractivity contribution in [2.24, 2.45) is 5.73 Å². The Labute approximate surface area is 96.4 Å². The zero-order valence-electron chi connectivity index (χ0n) is 9.72. The molecule has 88 valence electrons. The lowest BCUT2D eigenvalue weighted by Gasteiger charge is -2.29. The van der Waals surface area contributed by atoms with Crippen molar-refractivity contribution in [3.8, 4) is 0 Å². The third-order valence-corrected chi connectivity index (χ3v) is 2.72. The summed E-state index contributed by atoms with van der Waals surface area (Å²) in [6, 6.07) is 4.26. The molecule has 0 aromatic carbocycles. The Bertz CT molecular complexity index is 335. The first kappa shape index (κ1) is 11.4. The van der Waals surface area contributed by atoms with E-state index in [0.717, 1.165) is 38.5 Å². The monoisotopic (exact) mass is 221 g/mol. The number of hydrogen-bond acceptors (Lipinski definition) is 4. The van der Waals surface area contributed by atoms with Crippen LogP contribution in [0.15, 0.2) is 18.3 Å². The standard InChI is InChI=1S/C12H19N3O/c1-10(13)9-11-3-2-4-14-12(11)15-5-7-16-8-6-15/h2-4,10H,5-9,13H2,1H3. The Morgan fingerprint density at radius 1 is 1.50 bits per heavy atom. The van der Waals surface area contributed by atoms with Crippen molar-refractivity contribution < 1.29 is 4.74 Å². The molecule has 1 aliphatic rings. The average molecular weight is 221 g/mol. The fourth-order valence-corrected chi connectivity index (χ4v) is 2.00. The van der Waals surface area contributed by atoms with Gasteiger partial charge in [0.15, 0.2) is 0 Å². The van der Waals surface area contributed by atoms with Crippen molar-refractivity contribution in [2.75, 3.05) is 31.2 Å². The third-order valence-electron chi connectivity index (χ3n) is 2.72. The lowest BCUT2D eigenvalue weighted by molar-refractivity contribution is 0.122. The number of aromatic nitrogens is 1. The van der Waals surface area contributed by atoms with Gasteiger partial charge in [-0.1, -0.05) is 6.07 Å². The van der Waals surface area contributed by atoms with Gasteiger partial charge in [-0.05, 0) is 25.0 Å². The number of anilines is 1. The summed E-state index contributed by atoms with van der Waals surface area (Å²) in [6.07, 6.45) is 2.72. The van der Waals surface area contributed by atoms with Gasteiger partial charge >= 0.3 is 0 Å². The molecule has 0 amide bonds. The zero-order valence-corrected chi connectivity index (χ0v) is 9.72. The van der Waals surface area contributed by atoms with Gasteiger partial charge in [0.1, 0.15) is 5.82 Å². The van der Waals surface area contributed by atoms with Crippen LogP contribution in [0.5, 0.6) is 0 Å². The summed E-state index contributed by atoms with van der Waals surface area (Å²) in [5.41, 5.74) is 7.09. The SMILES string of the molecule is CC(N)Cc1cccnc1N1CCOCC1. The number of rotatable bonds is 3. The molecule has 1 saturated heterocycles. The topological polar surface area (TPSA) is 51.4 Å². The summed E-state index contributed by atoms with van der Waals surface area (Å²) < 4.78 is 5.35. The lowest BCUT2D eigenvalue weighted by Crippen LogP contribution is -2.37. The molecule has 0 bridgehead atoms. The van der Waals surface area contributed by atoms with E-state index in [1.54, 1.807) is 0 Å². The van der Waals surface area contributed by atoms with Crippen LogP contribution in [0.25, 0.3) is 0 Å². The van der Waals surface area contributed by atoms with Crippen molar-refractivity contribution in [3.05, 3.63) is 23.9 Å². The second-order valence-corrected chi connectivity index (χ2v) is 4.27. The average Bonchev–Trinajstić information content (AvgIpc) is 2.30. The van der Waals surface area contributed by atoms with E-state index in [0.29, 0.717) is 0 Å². The molecule has 0 radical (unpaired) electrons. The van der Waals surface area contributed by atoms with E-state index in [-0.39, 0.29) is 6.04 Å². The van der Waals surface area contributed by atoms with Gasteiger partial charge in [-0.15, -0.1) is 0 Å². The highest BCUT2D eigenvalue weighted by molar-refractivity contribution is 5.47. The van der Waals surface area contributed by atoms with Crippen LogP contribution in [0.3, 0.4) is 0 Å². The molecule has 1 aromatic heterocycles. The second kappa shape index (κ2) is 5.27. The highest BCUT2D eigenvalue weighted by Gasteiger charge is 2.15. The van der Waals surface area contributed by atoms with Crippen molar-refractivity contribution in [1.82, 2.24) is 4.98 Å². The van der Waals surface area contributed by atoms with Crippen LogP contribution in [0, 0.1) is 0 Å². The molecule has 0 spiro atoms. The molecule has 1 unspecified atom stereocenters. The highest BCUT2D eigenvalue weighted by Crippen LogP contribution is 2.19. The summed E-state index contributed by atoms with van der Waals surface area (Å²) in [5, 5.41) is 0. The van der Waals surface area contributed by atoms with E-state index in [1.165, 1.54) is 5.56 Å². The van der Waals surface area contributed by atoms with E-state index in [4.69, 9.17) is 10.5 Å². The molecule has 4 nitrogen and oxygen atoms in total. The van der Waals surface area contributed by atoms with Crippen LogP contribution in [0.1, 0.15) is 12.5 Å². The van der Waals surface area contributed by atoms with Gasteiger partial charge < -0.3 is 15.4 Å². The van der Waals surface area contributed by atoms with Gasteiger partial charge in [0.25, 0.3) is 0 Å². The predicted molar refractivity (Wildman–Crippen MR) is 64.6 cm³/mol. The maximum Gasteiger partial charge on any atom is 0.131 e. The molecule has 0 aliphatic carbocycles. The Kier molecular flexibility index (Phi) is 3.74.